The van der Waals surface area contributed by atoms with Gasteiger partial charge in [-0.3, -0.25) is 24.3 Å². The molecule has 2 fully saturated rings. The molecule has 2 aliphatic heterocycles. The molecule has 0 spiro atoms. The van der Waals surface area contributed by atoms with Crippen LogP contribution in [-0.4, -0.2) is 48.6 Å². The van der Waals surface area contributed by atoms with Crippen molar-refractivity contribution < 1.29 is 14.4 Å². The number of imide groups is 1. The molecule has 2 saturated heterocycles. The summed E-state index contributed by atoms with van der Waals surface area (Å²) in [5.74, 6) is 0.135. The number of imidazole rings is 1. The Hall–Kier alpha value is -3.81. The number of pyridine rings is 1. The zero-order valence-corrected chi connectivity index (χ0v) is 19.8. The van der Waals surface area contributed by atoms with Gasteiger partial charge < -0.3 is 9.47 Å². The minimum atomic E-state index is -1.22. The van der Waals surface area contributed by atoms with E-state index in [2.05, 4.69) is 9.97 Å². The molecule has 8 heteroatoms. The van der Waals surface area contributed by atoms with Gasteiger partial charge in [-0.1, -0.05) is 36.4 Å². The smallest absolute Gasteiger partial charge is 0.241 e. The van der Waals surface area contributed by atoms with E-state index in [1.165, 1.54) is 4.90 Å². The number of carbonyl (C=O) groups is 3. The van der Waals surface area contributed by atoms with Crippen molar-refractivity contribution in [2.75, 3.05) is 6.54 Å². The summed E-state index contributed by atoms with van der Waals surface area (Å²) in [5, 5.41) is 0. The van der Waals surface area contributed by atoms with Gasteiger partial charge in [0.25, 0.3) is 0 Å². The molecular weight excluding hydrogens is 442 g/mol. The Morgan fingerprint density at radius 1 is 1.09 bits per heavy atom. The average molecular weight is 472 g/mol. The summed E-state index contributed by atoms with van der Waals surface area (Å²) in [6.07, 6.45) is 9.61. The first kappa shape index (κ1) is 23.0. The molecule has 35 heavy (non-hydrogen) atoms. The summed E-state index contributed by atoms with van der Waals surface area (Å²) < 4.78 is 1.95. The highest BCUT2D eigenvalue weighted by atomic mass is 16.2. The largest absolute Gasteiger partial charge is 0.336 e. The topological polar surface area (TPSA) is 88.4 Å². The lowest BCUT2D eigenvalue weighted by molar-refractivity contribution is -0.144. The third-order valence-corrected chi connectivity index (χ3v) is 7.23. The van der Waals surface area contributed by atoms with Crippen LogP contribution in [0.3, 0.4) is 0 Å². The molecule has 2 aliphatic rings. The Balaban J connectivity index is 1.47. The molecular formula is C27H29N5O3. The van der Waals surface area contributed by atoms with Crippen molar-refractivity contribution in [1.29, 1.82) is 0 Å². The monoisotopic (exact) mass is 471 g/mol. The first-order chi connectivity index (χ1) is 17.0. The molecule has 3 aromatic rings. The Labute approximate surface area is 204 Å². The van der Waals surface area contributed by atoms with Crippen LogP contribution in [0, 0.1) is 0 Å². The lowest BCUT2D eigenvalue weighted by Gasteiger charge is -2.37. The molecule has 0 bridgehead atoms. The van der Waals surface area contributed by atoms with Crippen molar-refractivity contribution in [3.05, 3.63) is 84.2 Å². The summed E-state index contributed by atoms with van der Waals surface area (Å²) in [5.41, 5.74) is 0.252. The number of nitrogens with zero attached hydrogens (tertiary/aromatic N) is 5. The van der Waals surface area contributed by atoms with Crippen LogP contribution in [0.2, 0.25) is 0 Å². The molecule has 0 unspecified atom stereocenters. The maximum Gasteiger partial charge on any atom is 0.241 e. The van der Waals surface area contributed by atoms with Gasteiger partial charge in [0.1, 0.15) is 5.82 Å². The van der Waals surface area contributed by atoms with Crippen LogP contribution >= 0.6 is 0 Å². The minimum Gasteiger partial charge on any atom is -0.336 e. The summed E-state index contributed by atoms with van der Waals surface area (Å²) in [7, 11) is 1.93. The van der Waals surface area contributed by atoms with Gasteiger partial charge in [0.05, 0.1) is 18.0 Å². The van der Waals surface area contributed by atoms with E-state index < -0.39 is 5.41 Å². The fraction of sp³-hybridized carbons (Fsp3) is 0.370. The number of likely N-dealkylation sites (tertiary alicyclic amines) is 2. The van der Waals surface area contributed by atoms with Gasteiger partial charge in [-0.25, -0.2) is 4.98 Å². The molecule has 0 saturated carbocycles. The predicted octanol–water partition coefficient (Wildman–Crippen LogP) is 3.16. The van der Waals surface area contributed by atoms with Crippen molar-refractivity contribution in [2.24, 2.45) is 7.05 Å². The van der Waals surface area contributed by atoms with Gasteiger partial charge in [-0.2, -0.15) is 0 Å². The predicted molar refractivity (Wildman–Crippen MR) is 129 cm³/mol. The maximum atomic E-state index is 13.9. The van der Waals surface area contributed by atoms with Crippen LogP contribution in [0.1, 0.15) is 55.1 Å². The molecule has 3 amide bonds. The average Bonchev–Trinajstić information content (AvgIpc) is 3.42. The third kappa shape index (κ3) is 4.24. The van der Waals surface area contributed by atoms with E-state index in [-0.39, 0.29) is 43.1 Å². The van der Waals surface area contributed by atoms with E-state index in [1.54, 1.807) is 24.7 Å². The van der Waals surface area contributed by atoms with Crippen molar-refractivity contribution in [2.45, 2.75) is 50.1 Å². The van der Waals surface area contributed by atoms with Crippen LogP contribution in [0.4, 0.5) is 0 Å². The van der Waals surface area contributed by atoms with Crippen LogP contribution in [0.5, 0.6) is 0 Å². The van der Waals surface area contributed by atoms with Crippen molar-refractivity contribution in [1.82, 2.24) is 24.3 Å². The van der Waals surface area contributed by atoms with Gasteiger partial charge in [0.2, 0.25) is 17.7 Å². The zero-order chi connectivity index (χ0) is 24.4. The van der Waals surface area contributed by atoms with Crippen LogP contribution in [0.15, 0.2) is 67.3 Å². The highest BCUT2D eigenvalue weighted by Gasteiger charge is 2.54. The zero-order valence-electron chi connectivity index (χ0n) is 19.8. The Bertz CT molecular complexity index is 1230. The van der Waals surface area contributed by atoms with Gasteiger partial charge in [0, 0.05) is 51.2 Å². The molecule has 5 rings (SSSR count). The molecule has 0 radical (unpaired) electrons. The Kier molecular flexibility index (Phi) is 6.19. The van der Waals surface area contributed by atoms with Crippen LogP contribution in [-0.2, 0) is 33.4 Å². The highest BCUT2D eigenvalue weighted by Crippen LogP contribution is 2.42. The standard InChI is InChI=1S/C27H29N5O3/c1-30-15-13-29-25(30)22-11-5-6-14-31(22)23(33)16-27(21-9-3-2-4-10-21)17-24(34)32(26(27)35)19-20-8-7-12-28-18-20/h2-4,7-10,12-13,15,18,22H,5-6,11,14,16-17,19H2,1H3/t22-,27+/m0/s1. The molecule has 0 N–H and O–H groups in total. The molecule has 4 heterocycles. The lowest BCUT2D eigenvalue weighted by atomic mass is 9.75. The Morgan fingerprint density at radius 2 is 1.91 bits per heavy atom. The molecule has 2 aromatic heterocycles. The van der Waals surface area contributed by atoms with E-state index in [1.807, 2.05) is 59.1 Å². The number of carbonyl (C=O) groups excluding carboxylic acids is 3. The SMILES string of the molecule is Cn1ccnc1[C@@H]1CCCCN1C(=O)C[C@]1(c2ccccc2)CC(=O)N(Cc2cccnc2)C1=O. The second-order valence-electron chi connectivity index (χ2n) is 9.44. The quantitative estimate of drug-likeness (QED) is 0.516. The second kappa shape index (κ2) is 9.44. The molecule has 180 valence electrons. The van der Waals surface area contributed by atoms with E-state index in [4.69, 9.17) is 0 Å². The number of amides is 3. The number of piperidine rings is 1. The van der Waals surface area contributed by atoms with E-state index >= 15 is 0 Å². The van der Waals surface area contributed by atoms with Gasteiger partial charge in [-0.15, -0.1) is 0 Å². The molecule has 8 nitrogen and oxygen atoms in total. The maximum absolute atomic E-state index is 13.9. The van der Waals surface area contributed by atoms with Crippen LogP contribution < -0.4 is 0 Å². The lowest BCUT2D eigenvalue weighted by Crippen LogP contribution is -2.46. The van der Waals surface area contributed by atoms with Gasteiger partial charge in [-0.05, 0) is 36.5 Å². The van der Waals surface area contributed by atoms with Crippen molar-refractivity contribution in [3.8, 4) is 0 Å². The van der Waals surface area contributed by atoms with Crippen molar-refractivity contribution >= 4 is 17.7 Å². The number of aromatic nitrogens is 3. The van der Waals surface area contributed by atoms with Gasteiger partial charge >= 0.3 is 0 Å². The fourth-order valence-electron chi connectivity index (χ4n) is 5.41. The number of hydrogen-bond donors (Lipinski definition) is 0. The van der Waals surface area contributed by atoms with Crippen molar-refractivity contribution in [3.63, 3.8) is 0 Å². The normalized spacial score (nSPS) is 22.6. The molecule has 2 atom stereocenters. The van der Waals surface area contributed by atoms with E-state index in [0.717, 1.165) is 30.7 Å². The van der Waals surface area contributed by atoms with Gasteiger partial charge in [0.15, 0.2) is 0 Å². The van der Waals surface area contributed by atoms with E-state index in [9.17, 15) is 14.4 Å². The fourth-order valence-corrected chi connectivity index (χ4v) is 5.41. The molecule has 0 aliphatic carbocycles. The summed E-state index contributed by atoms with van der Waals surface area (Å²) in [6, 6.07) is 12.7. The first-order valence-corrected chi connectivity index (χ1v) is 12.1. The van der Waals surface area contributed by atoms with E-state index in [0.29, 0.717) is 12.1 Å². The summed E-state index contributed by atoms with van der Waals surface area (Å²) in [4.78, 5) is 52.7. The number of benzene rings is 1. The number of aryl methyl sites for hydroxylation is 1. The summed E-state index contributed by atoms with van der Waals surface area (Å²) >= 11 is 0. The highest BCUT2D eigenvalue weighted by molar-refractivity contribution is 6.10. The minimum absolute atomic E-state index is 0.0250. The third-order valence-electron chi connectivity index (χ3n) is 7.23. The van der Waals surface area contributed by atoms with Crippen LogP contribution in [0.25, 0.3) is 0 Å². The summed E-state index contributed by atoms with van der Waals surface area (Å²) in [6.45, 7) is 0.761. The second-order valence-corrected chi connectivity index (χ2v) is 9.44. The Morgan fingerprint density at radius 3 is 2.63 bits per heavy atom. The first-order valence-electron chi connectivity index (χ1n) is 12.1. The molecule has 1 aromatic carbocycles. The number of rotatable bonds is 6. The number of hydrogen-bond acceptors (Lipinski definition) is 5.